The summed E-state index contributed by atoms with van der Waals surface area (Å²) in [5.41, 5.74) is -1.58. The predicted octanol–water partition coefficient (Wildman–Crippen LogP) is 4.83. The maximum absolute atomic E-state index is 13.8. The first-order valence-corrected chi connectivity index (χ1v) is 9.64. The minimum absolute atomic E-state index is 0.0714. The van der Waals surface area contributed by atoms with Gasteiger partial charge in [0.05, 0.1) is 31.2 Å². The number of amides is 1. The molecular formula is C21H19ClF3N3O4. The number of ether oxygens (including phenoxy) is 3. The van der Waals surface area contributed by atoms with Crippen molar-refractivity contribution in [3.05, 3.63) is 64.9 Å². The molecule has 0 saturated carbocycles. The molecule has 1 aromatic heterocycles. The van der Waals surface area contributed by atoms with E-state index in [-0.39, 0.29) is 23.0 Å². The summed E-state index contributed by atoms with van der Waals surface area (Å²) in [6.07, 6.45) is -3.99. The van der Waals surface area contributed by atoms with Gasteiger partial charge in [-0.05, 0) is 30.3 Å². The van der Waals surface area contributed by atoms with E-state index in [1.807, 2.05) is 0 Å². The molecule has 0 radical (unpaired) electrons. The first kappa shape index (κ1) is 23.4. The molecule has 0 unspecified atom stereocenters. The van der Waals surface area contributed by atoms with Gasteiger partial charge < -0.3 is 19.5 Å². The number of hydrogen-bond donors (Lipinski definition) is 1. The normalized spacial score (nSPS) is 11.3. The van der Waals surface area contributed by atoms with Gasteiger partial charge in [-0.2, -0.15) is 18.3 Å². The van der Waals surface area contributed by atoms with E-state index in [0.717, 1.165) is 6.20 Å². The van der Waals surface area contributed by atoms with Crippen molar-refractivity contribution < 1.29 is 32.2 Å². The molecule has 3 aromatic rings. The molecule has 1 heterocycles. The topological polar surface area (TPSA) is 74.6 Å². The summed E-state index contributed by atoms with van der Waals surface area (Å²) in [6, 6.07) is 10.2. The second-order valence-corrected chi connectivity index (χ2v) is 6.89. The smallest absolute Gasteiger partial charge is 0.434 e. The van der Waals surface area contributed by atoms with Crippen LogP contribution in [0.25, 0.3) is 5.69 Å². The van der Waals surface area contributed by atoms with Crippen molar-refractivity contribution >= 4 is 23.2 Å². The number of benzene rings is 2. The second-order valence-electron chi connectivity index (χ2n) is 6.46. The monoisotopic (exact) mass is 469 g/mol. The van der Waals surface area contributed by atoms with Crippen LogP contribution in [0, 0.1) is 0 Å². The van der Waals surface area contributed by atoms with Crippen molar-refractivity contribution in [2.75, 3.05) is 32.8 Å². The van der Waals surface area contributed by atoms with E-state index in [9.17, 15) is 18.0 Å². The first-order valence-electron chi connectivity index (χ1n) is 9.27. The number of nitrogens with one attached hydrogen (secondary N) is 1. The summed E-state index contributed by atoms with van der Waals surface area (Å²) >= 11 is 5.89. The van der Waals surface area contributed by atoms with Crippen LogP contribution in [0.15, 0.2) is 48.7 Å². The van der Waals surface area contributed by atoms with Gasteiger partial charge >= 0.3 is 6.18 Å². The fraction of sp³-hybridized carbons (Fsp3) is 0.238. The van der Waals surface area contributed by atoms with Crippen LogP contribution in [0.4, 0.5) is 18.9 Å². The Morgan fingerprint density at radius 1 is 1.12 bits per heavy atom. The Hall–Kier alpha value is -3.24. The highest BCUT2D eigenvalue weighted by atomic mass is 35.5. The van der Waals surface area contributed by atoms with Gasteiger partial charge in [0.25, 0.3) is 5.91 Å². The molecule has 3 rings (SSSR count). The number of aromatic nitrogens is 2. The van der Waals surface area contributed by atoms with E-state index in [1.165, 1.54) is 56.7 Å². The molecule has 7 nitrogen and oxygen atoms in total. The standard InChI is InChI=1S/C21H19ClF3N3O4/c1-30-8-9-32-18-11-14(6-7-17(18)31-2)27-20(29)16-12-26-28(19(16)21(23,24)25)15-5-3-4-13(22)10-15/h3-7,10-12H,8-9H2,1-2H3,(H,27,29). The molecule has 170 valence electrons. The van der Waals surface area contributed by atoms with Gasteiger partial charge in [-0.1, -0.05) is 17.7 Å². The third-order valence-electron chi connectivity index (χ3n) is 4.30. The van der Waals surface area contributed by atoms with Crippen LogP contribution in [0.2, 0.25) is 5.02 Å². The predicted molar refractivity (Wildman–Crippen MR) is 112 cm³/mol. The molecule has 1 N–H and O–H groups in total. The fourth-order valence-corrected chi connectivity index (χ4v) is 3.08. The average molecular weight is 470 g/mol. The van der Waals surface area contributed by atoms with Crippen LogP contribution in [0.3, 0.4) is 0 Å². The third kappa shape index (κ3) is 5.32. The Balaban J connectivity index is 1.92. The van der Waals surface area contributed by atoms with E-state index >= 15 is 0 Å². The van der Waals surface area contributed by atoms with Gasteiger partial charge in [0.1, 0.15) is 6.61 Å². The van der Waals surface area contributed by atoms with Crippen LogP contribution >= 0.6 is 11.6 Å². The summed E-state index contributed by atoms with van der Waals surface area (Å²) in [4.78, 5) is 12.7. The Bertz CT molecular complexity index is 1100. The fourth-order valence-electron chi connectivity index (χ4n) is 2.89. The molecule has 2 aromatic carbocycles. The summed E-state index contributed by atoms with van der Waals surface area (Å²) in [6.45, 7) is 0.534. The zero-order chi connectivity index (χ0) is 23.3. The van der Waals surface area contributed by atoms with E-state index in [1.54, 1.807) is 0 Å². The van der Waals surface area contributed by atoms with Crippen molar-refractivity contribution in [3.63, 3.8) is 0 Å². The molecule has 11 heteroatoms. The van der Waals surface area contributed by atoms with Crippen molar-refractivity contribution in [3.8, 4) is 17.2 Å². The van der Waals surface area contributed by atoms with Crippen LogP contribution in [0.5, 0.6) is 11.5 Å². The summed E-state index contributed by atoms with van der Waals surface area (Å²) in [7, 11) is 2.95. The minimum Gasteiger partial charge on any atom is -0.493 e. The number of halogens is 4. The Kier molecular flexibility index (Phi) is 7.26. The van der Waals surface area contributed by atoms with E-state index in [2.05, 4.69) is 10.4 Å². The largest absolute Gasteiger partial charge is 0.493 e. The number of carbonyl (C=O) groups excluding carboxylic acids is 1. The minimum atomic E-state index is -4.85. The number of carbonyl (C=O) groups is 1. The van der Waals surface area contributed by atoms with Crippen LogP contribution in [-0.2, 0) is 10.9 Å². The van der Waals surface area contributed by atoms with Crippen molar-refractivity contribution in [1.29, 1.82) is 0 Å². The molecule has 32 heavy (non-hydrogen) atoms. The van der Waals surface area contributed by atoms with Gasteiger partial charge in [0.15, 0.2) is 17.2 Å². The van der Waals surface area contributed by atoms with Gasteiger partial charge in [-0.25, -0.2) is 4.68 Å². The molecule has 0 aliphatic heterocycles. The number of anilines is 1. The molecule has 0 spiro atoms. The van der Waals surface area contributed by atoms with Gasteiger partial charge in [-0.15, -0.1) is 0 Å². The lowest BCUT2D eigenvalue weighted by molar-refractivity contribution is -0.143. The first-order chi connectivity index (χ1) is 15.2. The maximum Gasteiger partial charge on any atom is 0.434 e. The third-order valence-corrected chi connectivity index (χ3v) is 4.54. The Morgan fingerprint density at radius 3 is 2.56 bits per heavy atom. The SMILES string of the molecule is COCCOc1cc(NC(=O)c2cnn(-c3cccc(Cl)c3)c2C(F)(F)F)ccc1OC. The van der Waals surface area contributed by atoms with E-state index < -0.39 is 23.3 Å². The number of alkyl halides is 3. The number of methoxy groups -OCH3 is 2. The van der Waals surface area contributed by atoms with E-state index in [0.29, 0.717) is 22.8 Å². The van der Waals surface area contributed by atoms with Crippen LogP contribution < -0.4 is 14.8 Å². The highest BCUT2D eigenvalue weighted by molar-refractivity contribution is 6.30. The lowest BCUT2D eigenvalue weighted by Crippen LogP contribution is -2.20. The van der Waals surface area contributed by atoms with Crippen LogP contribution in [-0.4, -0.2) is 43.1 Å². The summed E-state index contributed by atoms with van der Waals surface area (Å²) < 4.78 is 57.8. The highest BCUT2D eigenvalue weighted by Crippen LogP contribution is 2.35. The molecular weight excluding hydrogens is 451 g/mol. The lowest BCUT2D eigenvalue weighted by Gasteiger charge is -2.14. The molecule has 0 aliphatic rings. The van der Waals surface area contributed by atoms with Gasteiger partial charge in [0.2, 0.25) is 0 Å². The molecule has 0 fully saturated rings. The Labute approximate surface area is 186 Å². The summed E-state index contributed by atoms with van der Waals surface area (Å²) in [5.74, 6) is -0.296. The van der Waals surface area contributed by atoms with Crippen molar-refractivity contribution in [1.82, 2.24) is 9.78 Å². The number of hydrogen-bond acceptors (Lipinski definition) is 5. The molecule has 0 saturated heterocycles. The quantitative estimate of drug-likeness (QED) is 0.478. The zero-order valence-electron chi connectivity index (χ0n) is 17.1. The maximum atomic E-state index is 13.8. The van der Waals surface area contributed by atoms with Gasteiger partial charge in [-0.3, -0.25) is 4.79 Å². The molecule has 0 atom stereocenters. The molecule has 0 aliphatic carbocycles. The lowest BCUT2D eigenvalue weighted by atomic mass is 10.2. The number of nitrogens with zero attached hydrogens (tertiary/aromatic N) is 2. The molecule has 1 amide bonds. The highest BCUT2D eigenvalue weighted by Gasteiger charge is 2.40. The second kappa shape index (κ2) is 9.92. The number of rotatable bonds is 8. The molecule has 0 bridgehead atoms. The zero-order valence-corrected chi connectivity index (χ0v) is 17.8. The van der Waals surface area contributed by atoms with Gasteiger partial charge in [0, 0.05) is 23.9 Å². The summed E-state index contributed by atoms with van der Waals surface area (Å²) in [5, 5.41) is 6.45. The van der Waals surface area contributed by atoms with Crippen molar-refractivity contribution in [2.45, 2.75) is 6.18 Å². The Morgan fingerprint density at radius 2 is 1.91 bits per heavy atom. The average Bonchev–Trinajstić information content (AvgIpc) is 3.20. The van der Waals surface area contributed by atoms with E-state index in [4.69, 9.17) is 25.8 Å². The van der Waals surface area contributed by atoms with Crippen LogP contribution in [0.1, 0.15) is 16.1 Å². The van der Waals surface area contributed by atoms with Crippen molar-refractivity contribution in [2.24, 2.45) is 0 Å².